The van der Waals surface area contributed by atoms with Gasteiger partial charge in [-0.2, -0.15) is 0 Å². The van der Waals surface area contributed by atoms with Crippen LogP contribution in [0.3, 0.4) is 0 Å². The summed E-state index contributed by atoms with van der Waals surface area (Å²) in [5.41, 5.74) is 3.46. The molecule has 0 unspecified atom stereocenters. The maximum absolute atomic E-state index is 12.9. The van der Waals surface area contributed by atoms with Gasteiger partial charge in [0.2, 0.25) is 0 Å². The van der Waals surface area contributed by atoms with Gasteiger partial charge in [0.05, 0.1) is 22.3 Å². The molecule has 2 heterocycles. The number of hydrogen-bond acceptors (Lipinski definition) is 5. The summed E-state index contributed by atoms with van der Waals surface area (Å²) in [5.74, 6) is -1.43. The second-order valence-corrected chi connectivity index (χ2v) is 7.50. The Morgan fingerprint density at radius 1 is 0.613 bits per heavy atom. The van der Waals surface area contributed by atoms with Gasteiger partial charge >= 0.3 is 0 Å². The fourth-order valence-corrected chi connectivity index (χ4v) is 3.73. The summed E-state index contributed by atoms with van der Waals surface area (Å²) in [4.78, 5) is 56.5. The van der Waals surface area contributed by atoms with Crippen molar-refractivity contribution >= 4 is 23.6 Å². The molecule has 3 aromatic carbocycles. The van der Waals surface area contributed by atoms with Crippen LogP contribution in [0, 0.1) is 6.92 Å². The fourth-order valence-electron chi connectivity index (χ4n) is 3.73. The topological polar surface area (TPSA) is 84.0 Å². The minimum absolute atomic E-state index is 0.217. The van der Waals surface area contributed by atoms with Crippen molar-refractivity contribution in [3.63, 3.8) is 0 Å². The van der Waals surface area contributed by atoms with Crippen LogP contribution in [0.1, 0.15) is 47.0 Å². The largest absolute Gasteiger partial charge is 0.368 e. The number of hydroxylamine groups is 2. The van der Waals surface area contributed by atoms with Crippen molar-refractivity contribution in [1.82, 2.24) is 9.96 Å². The molecule has 5 rings (SSSR count). The van der Waals surface area contributed by atoms with Gasteiger partial charge in [-0.25, -0.2) is 0 Å². The number of carbonyl (C=O) groups is 4. The molecule has 7 nitrogen and oxygen atoms in total. The highest BCUT2D eigenvalue weighted by atomic mass is 16.7. The Balaban J connectivity index is 1.48. The summed E-state index contributed by atoms with van der Waals surface area (Å²) in [6.45, 7) is 1.92. The summed E-state index contributed by atoms with van der Waals surface area (Å²) in [6, 6.07) is 16.8. The number of carbonyl (C=O) groups excluding carboxylic acids is 4. The molecule has 0 aliphatic carbocycles. The minimum atomic E-state index is -0.561. The molecule has 0 radical (unpaired) electrons. The van der Waals surface area contributed by atoms with Crippen molar-refractivity contribution in [2.24, 2.45) is 0 Å². The molecule has 0 bridgehead atoms. The fraction of sp³-hybridized carbons (Fsp3) is 0.0833. The predicted molar refractivity (Wildman–Crippen MR) is 111 cm³/mol. The third kappa shape index (κ3) is 2.82. The van der Waals surface area contributed by atoms with E-state index in [2.05, 4.69) is 0 Å². The number of fused-ring (bicyclic) bond motifs is 2. The van der Waals surface area contributed by atoms with Gasteiger partial charge in [-0.05, 0) is 54.4 Å². The first-order valence-corrected chi connectivity index (χ1v) is 9.59. The summed E-state index contributed by atoms with van der Waals surface area (Å²) < 4.78 is 0. The van der Waals surface area contributed by atoms with Crippen LogP contribution in [0.2, 0.25) is 0 Å². The van der Waals surface area contributed by atoms with E-state index in [1.54, 1.807) is 48.5 Å². The van der Waals surface area contributed by atoms with Gasteiger partial charge in [-0.3, -0.25) is 24.1 Å². The highest BCUT2D eigenvalue weighted by molar-refractivity contribution is 6.22. The van der Waals surface area contributed by atoms with Gasteiger partial charge in [0.15, 0.2) is 5.75 Å². The third-order valence-corrected chi connectivity index (χ3v) is 5.49. The Labute approximate surface area is 177 Å². The van der Waals surface area contributed by atoms with E-state index in [4.69, 9.17) is 4.84 Å². The smallest absolute Gasteiger partial charge is 0.295 e. The van der Waals surface area contributed by atoms with Crippen LogP contribution in [-0.2, 0) is 0 Å². The Bertz CT molecular complexity index is 1310. The third-order valence-electron chi connectivity index (χ3n) is 5.49. The molecule has 3 aromatic rings. The molecule has 4 amide bonds. The van der Waals surface area contributed by atoms with E-state index in [0.717, 1.165) is 15.5 Å². The summed E-state index contributed by atoms with van der Waals surface area (Å²) >= 11 is 0. The van der Waals surface area contributed by atoms with Crippen LogP contribution >= 0.6 is 0 Å². The van der Waals surface area contributed by atoms with Crippen molar-refractivity contribution in [1.29, 1.82) is 0 Å². The van der Waals surface area contributed by atoms with Crippen LogP contribution in [0.25, 0.3) is 11.1 Å². The zero-order chi connectivity index (χ0) is 21.9. The Morgan fingerprint density at radius 3 is 1.71 bits per heavy atom. The first-order valence-electron chi connectivity index (χ1n) is 9.59. The highest BCUT2D eigenvalue weighted by Crippen LogP contribution is 2.32. The monoisotopic (exact) mass is 412 g/mol. The van der Waals surface area contributed by atoms with Gasteiger partial charge in [0, 0.05) is 7.05 Å². The first-order chi connectivity index (χ1) is 14.8. The lowest BCUT2D eigenvalue weighted by Gasteiger charge is -2.14. The number of hydrogen-bond donors (Lipinski definition) is 0. The van der Waals surface area contributed by atoms with Gasteiger partial charge in [-0.15, -0.1) is 0 Å². The molecule has 2 aliphatic heterocycles. The summed E-state index contributed by atoms with van der Waals surface area (Å²) in [5, 5.41) is 0.749. The zero-order valence-electron chi connectivity index (χ0n) is 16.7. The summed E-state index contributed by atoms with van der Waals surface area (Å²) in [6.07, 6.45) is 0. The van der Waals surface area contributed by atoms with Crippen LogP contribution in [-0.4, -0.2) is 40.6 Å². The van der Waals surface area contributed by atoms with Crippen molar-refractivity contribution in [3.8, 4) is 16.9 Å². The van der Waals surface area contributed by atoms with Crippen LogP contribution in [0.5, 0.6) is 5.75 Å². The SMILES string of the molecule is Cc1ccc(ON2C(=O)c3ccc(-c4ccc5c(c4)C(=O)N(C)C5=O)cc3C2=O)cc1. The first kappa shape index (κ1) is 18.7. The van der Waals surface area contributed by atoms with Crippen molar-refractivity contribution in [2.75, 3.05) is 7.05 Å². The predicted octanol–water partition coefficient (Wildman–Crippen LogP) is 3.48. The van der Waals surface area contributed by atoms with E-state index in [9.17, 15) is 19.2 Å². The van der Waals surface area contributed by atoms with Gasteiger partial charge in [0.1, 0.15) is 0 Å². The Morgan fingerprint density at radius 2 is 1.10 bits per heavy atom. The van der Waals surface area contributed by atoms with E-state index in [0.29, 0.717) is 28.0 Å². The molecule has 0 saturated heterocycles. The number of rotatable bonds is 3. The summed E-state index contributed by atoms with van der Waals surface area (Å²) in [7, 11) is 1.44. The molecule has 7 heteroatoms. The minimum Gasteiger partial charge on any atom is -0.368 e. The molecular formula is C24H16N2O5. The van der Waals surface area contributed by atoms with Gasteiger partial charge in [0.25, 0.3) is 23.6 Å². The number of aryl methyl sites for hydroxylation is 1. The van der Waals surface area contributed by atoms with E-state index in [1.807, 2.05) is 19.1 Å². The molecule has 2 aliphatic rings. The van der Waals surface area contributed by atoms with Crippen LogP contribution in [0.15, 0.2) is 60.7 Å². The zero-order valence-corrected chi connectivity index (χ0v) is 16.7. The van der Waals surface area contributed by atoms with Crippen LogP contribution < -0.4 is 4.84 Å². The Kier molecular flexibility index (Phi) is 4.01. The average Bonchev–Trinajstić information content (AvgIpc) is 3.15. The molecule has 0 aromatic heterocycles. The standard InChI is InChI=1S/C24H16N2O5/c1-13-3-7-16(8-4-13)31-26-23(29)18-10-6-15(12-20(18)24(26)30)14-5-9-17-19(11-14)22(28)25(2)21(17)27/h3-12H,1-2H3. The maximum atomic E-state index is 12.9. The van der Waals surface area contributed by atoms with Crippen LogP contribution in [0.4, 0.5) is 0 Å². The molecule has 0 atom stereocenters. The van der Waals surface area contributed by atoms with E-state index >= 15 is 0 Å². The van der Waals surface area contributed by atoms with Crippen molar-refractivity contribution in [3.05, 3.63) is 88.5 Å². The normalized spacial score (nSPS) is 14.9. The molecule has 0 spiro atoms. The molecule has 0 fully saturated rings. The lowest BCUT2D eigenvalue weighted by Crippen LogP contribution is -2.33. The van der Waals surface area contributed by atoms with Crippen molar-refractivity contribution in [2.45, 2.75) is 6.92 Å². The highest BCUT2D eigenvalue weighted by Gasteiger charge is 2.38. The van der Waals surface area contributed by atoms with E-state index in [1.165, 1.54) is 7.05 Å². The Hall–Kier alpha value is -4.26. The molecule has 31 heavy (non-hydrogen) atoms. The lowest BCUT2D eigenvalue weighted by atomic mass is 9.97. The number of benzene rings is 3. The second-order valence-electron chi connectivity index (χ2n) is 7.50. The molecular weight excluding hydrogens is 396 g/mol. The van der Waals surface area contributed by atoms with E-state index in [-0.39, 0.29) is 22.9 Å². The molecule has 0 saturated carbocycles. The average molecular weight is 412 g/mol. The number of amides is 4. The van der Waals surface area contributed by atoms with Gasteiger partial charge in [-0.1, -0.05) is 34.9 Å². The van der Waals surface area contributed by atoms with Gasteiger partial charge < -0.3 is 4.84 Å². The lowest BCUT2D eigenvalue weighted by molar-refractivity contribution is -0.0141. The van der Waals surface area contributed by atoms with E-state index < -0.39 is 11.8 Å². The van der Waals surface area contributed by atoms with Crippen molar-refractivity contribution < 1.29 is 24.0 Å². The molecule has 0 N–H and O–H groups in total. The molecule has 152 valence electrons. The quantitative estimate of drug-likeness (QED) is 0.615. The number of nitrogens with zero attached hydrogens (tertiary/aromatic N) is 2. The maximum Gasteiger partial charge on any atom is 0.295 e. The number of imide groups is 2. The second kappa shape index (κ2) is 6.63.